The molecule has 2 heterocycles. The van der Waals surface area contributed by atoms with E-state index < -0.39 is 11.7 Å². The quantitative estimate of drug-likeness (QED) is 0.913. The van der Waals surface area contributed by atoms with E-state index in [9.17, 15) is 9.59 Å². The van der Waals surface area contributed by atoms with E-state index in [2.05, 4.69) is 21.8 Å². The molecule has 1 saturated heterocycles. The summed E-state index contributed by atoms with van der Waals surface area (Å²) in [7, 11) is 0. The summed E-state index contributed by atoms with van der Waals surface area (Å²) in [5, 5.41) is 8.28. The van der Waals surface area contributed by atoms with Gasteiger partial charge in [0.05, 0.1) is 0 Å². The second-order valence-corrected chi connectivity index (χ2v) is 7.56. The predicted molar refractivity (Wildman–Crippen MR) is 87.4 cm³/mol. The molecule has 0 aliphatic carbocycles. The van der Waals surface area contributed by atoms with Gasteiger partial charge in [-0.3, -0.25) is 4.79 Å². The van der Waals surface area contributed by atoms with E-state index in [1.807, 2.05) is 20.8 Å². The van der Waals surface area contributed by atoms with Crippen LogP contribution in [0.15, 0.2) is 5.38 Å². The van der Waals surface area contributed by atoms with Gasteiger partial charge in [0, 0.05) is 24.5 Å². The molecule has 1 aromatic rings. The zero-order chi connectivity index (χ0) is 17.0. The van der Waals surface area contributed by atoms with Crippen LogP contribution >= 0.6 is 11.5 Å². The number of piperidine rings is 1. The average Bonchev–Trinajstić information content (AvgIpc) is 2.97. The molecule has 1 aliphatic heterocycles. The number of amides is 2. The number of rotatable bonds is 3. The molecule has 0 aromatic carbocycles. The van der Waals surface area contributed by atoms with Gasteiger partial charge in [0.15, 0.2) is 5.69 Å². The van der Waals surface area contributed by atoms with Crippen molar-refractivity contribution in [3.63, 3.8) is 0 Å². The number of nitrogens with one attached hydrogen (secondary N) is 1. The van der Waals surface area contributed by atoms with Crippen LogP contribution in [0, 0.1) is 5.92 Å². The Bertz CT molecular complexity index is 541. The molecular weight excluding hydrogens is 316 g/mol. The van der Waals surface area contributed by atoms with Gasteiger partial charge in [-0.2, -0.15) is 0 Å². The van der Waals surface area contributed by atoms with Crippen molar-refractivity contribution in [1.82, 2.24) is 19.8 Å². The number of alkyl carbamates (subject to hydrolysis) is 1. The summed E-state index contributed by atoms with van der Waals surface area (Å²) in [4.78, 5) is 26.2. The molecule has 0 saturated carbocycles. The van der Waals surface area contributed by atoms with Crippen molar-refractivity contribution in [2.45, 2.75) is 52.2 Å². The summed E-state index contributed by atoms with van der Waals surface area (Å²) >= 11 is 1.16. The highest BCUT2D eigenvalue weighted by molar-refractivity contribution is 7.03. The van der Waals surface area contributed by atoms with E-state index in [1.54, 1.807) is 10.3 Å². The second kappa shape index (κ2) is 7.25. The largest absolute Gasteiger partial charge is 0.444 e. The summed E-state index contributed by atoms with van der Waals surface area (Å²) in [5.74, 6) is 0.389. The van der Waals surface area contributed by atoms with Crippen LogP contribution in [0.4, 0.5) is 4.79 Å². The Labute approximate surface area is 140 Å². The molecule has 7 nitrogen and oxygen atoms in total. The number of likely N-dealkylation sites (tertiary alicyclic amines) is 1. The minimum Gasteiger partial charge on any atom is -0.444 e. The van der Waals surface area contributed by atoms with Gasteiger partial charge in [0.25, 0.3) is 5.91 Å². The second-order valence-electron chi connectivity index (χ2n) is 6.95. The fraction of sp³-hybridized carbons (Fsp3) is 0.733. The molecule has 0 unspecified atom stereocenters. The number of nitrogens with zero attached hydrogens (tertiary/aromatic N) is 3. The Kier molecular flexibility index (Phi) is 5.56. The number of carbonyl (C=O) groups is 2. The van der Waals surface area contributed by atoms with Crippen molar-refractivity contribution in [2.24, 2.45) is 5.92 Å². The minimum atomic E-state index is -0.536. The van der Waals surface area contributed by atoms with E-state index >= 15 is 0 Å². The molecule has 1 fully saturated rings. The first-order valence-electron chi connectivity index (χ1n) is 7.81. The van der Waals surface area contributed by atoms with Gasteiger partial charge in [-0.25, -0.2) is 4.79 Å². The molecule has 2 amide bonds. The topological polar surface area (TPSA) is 84.4 Å². The van der Waals surface area contributed by atoms with E-state index in [4.69, 9.17) is 4.74 Å². The maximum Gasteiger partial charge on any atom is 0.407 e. The number of ether oxygens (including phenoxy) is 1. The molecule has 23 heavy (non-hydrogen) atoms. The fourth-order valence-corrected chi connectivity index (χ4v) is 3.06. The maximum atomic E-state index is 12.5. The molecule has 8 heteroatoms. The SMILES string of the molecule is C[C@H]1CCN(C(=O)c2csnn2)[C@H](CNC(=O)OC(C)(C)C)C1. The lowest BCUT2D eigenvalue weighted by atomic mass is 9.92. The third-order valence-corrected chi connectivity index (χ3v) is 4.20. The van der Waals surface area contributed by atoms with Gasteiger partial charge in [-0.05, 0) is 51.1 Å². The van der Waals surface area contributed by atoms with Crippen LogP contribution in [0.25, 0.3) is 0 Å². The van der Waals surface area contributed by atoms with Gasteiger partial charge >= 0.3 is 6.09 Å². The van der Waals surface area contributed by atoms with Crippen LogP contribution in [-0.2, 0) is 4.74 Å². The van der Waals surface area contributed by atoms with Crippen LogP contribution in [0.1, 0.15) is 51.0 Å². The first kappa shape index (κ1) is 17.7. The van der Waals surface area contributed by atoms with Crippen LogP contribution in [-0.4, -0.2) is 51.2 Å². The standard InChI is InChI=1S/C15H24N4O3S/c1-10-5-6-19(13(20)12-9-23-18-17-12)11(7-10)8-16-14(21)22-15(2,3)4/h9-11H,5-8H2,1-4H3,(H,16,21)/t10-,11-/m0/s1. The lowest BCUT2D eigenvalue weighted by molar-refractivity contribution is 0.0434. The Hall–Kier alpha value is -1.70. The van der Waals surface area contributed by atoms with Crippen molar-refractivity contribution in [3.8, 4) is 0 Å². The Balaban J connectivity index is 1.98. The summed E-state index contributed by atoms with van der Waals surface area (Å²) in [6, 6.07) is -0.0551. The van der Waals surface area contributed by atoms with Crippen molar-refractivity contribution in [1.29, 1.82) is 0 Å². The molecule has 0 spiro atoms. The van der Waals surface area contributed by atoms with E-state index in [1.165, 1.54) is 0 Å². The van der Waals surface area contributed by atoms with E-state index in [0.717, 1.165) is 24.4 Å². The Morgan fingerprint density at radius 2 is 2.22 bits per heavy atom. The molecule has 1 aliphatic rings. The molecule has 2 atom stereocenters. The molecular formula is C15H24N4O3S. The van der Waals surface area contributed by atoms with Crippen molar-refractivity contribution < 1.29 is 14.3 Å². The lowest BCUT2D eigenvalue weighted by Crippen LogP contribution is -2.51. The van der Waals surface area contributed by atoms with Crippen LogP contribution in [0.2, 0.25) is 0 Å². The molecule has 1 N–H and O–H groups in total. The Morgan fingerprint density at radius 1 is 1.48 bits per heavy atom. The third-order valence-electron chi connectivity index (χ3n) is 3.70. The van der Waals surface area contributed by atoms with Gasteiger partial charge in [0.2, 0.25) is 0 Å². The summed E-state index contributed by atoms with van der Waals surface area (Å²) in [5.41, 5.74) is -0.169. The first-order valence-corrected chi connectivity index (χ1v) is 8.65. The maximum absolute atomic E-state index is 12.5. The molecule has 0 bridgehead atoms. The highest BCUT2D eigenvalue weighted by Gasteiger charge is 2.32. The number of hydrogen-bond donors (Lipinski definition) is 1. The number of hydrogen-bond acceptors (Lipinski definition) is 6. The molecule has 128 valence electrons. The predicted octanol–water partition coefficient (Wildman–Crippen LogP) is 2.30. The molecule has 1 aromatic heterocycles. The molecule has 0 radical (unpaired) electrons. The van der Waals surface area contributed by atoms with Crippen LogP contribution < -0.4 is 5.32 Å². The summed E-state index contributed by atoms with van der Waals surface area (Å²) in [6.45, 7) is 8.66. The zero-order valence-corrected chi connectivity index (χ0v) is 14.9. The monoisotopic (exact) mass is 340 g/mol. The highest BCUT2D eigenvalue weighted by Crippen LogP contribution is 2.24. The first-order chi connectivity index (χ1) is 10.8. The lowest BCUT2D eigenvalue weighted by Gasteiger charge is -2.38. The van der Waals surface area contributed by atoms with Gasteiger partial charge in [-0.15, -0.1) is 5.10 Å². The highest BCUT2D eigenvalue weighted by atomic mass is 32.1. The van der Waals surface area contributed by atoms with E-state index in [-0.39, 0.29) is 11.9 Å². The summed E-state index contributed by atoms with van der Waals surface area (Å²) in [6.07, 6.45) is 1.34. The van der Waals surface area contributed by atoms with Crippen LogP contribution in [0.3, 0.4) is 0 Å². The minimum absolute atomic E-state index is 0.0551. The Morgan fingerprint density at radius 3 is 2.83 bits per heavy atom. The van der Waals surface area contributed by atoms with Gasteiger partial charge < -0.3 is 15.0 Å². The van der Waals surface area contributed by atoms with Crippen molar-refractivity contribution >= 4 is 23.5 Å². The van der Waals surface area contributed by atoms with Gasteiger partial charge in [0.1, 0.15) is 5.60 Å². The van der Waals surface area contributed by atoms with E-state index in [0.29, 0.717) is 24.7 Å². The average molecular weight is 340 g/mol. The fourth-order valence-electron chi connectivity index (χ4n) is 2.63. The molecule has 2 rings (SSSR count). The van der Waals surface area contributed by atoms with Crippen LogP contribution in [0.5, 0.6) is 0 Å². The summed E-state index contributed by atoms with van der Waals surface area (Å²) < 4.78 is 9.00. The van der Waals surface area contributed by atoms with Gasteiger partial charge in [-0.1, -0.05) is 11.4 Å². The number of carbonyl (C=O) groups excluding carboxylic acids is 2. The van der Waals surface area contributed by atoms with Crippen molar-refractivity contribution in [2.75, 3.05) is 13.1 Å². The zero-order valence-electron chi connectivity index (χ0n) is 14.0. The third kappa shape index (κ3) is 5.16. The normalized spacial score (nSPS) is 21.8. The number of aromatic nitrogens is 2. The van der Waals surface area contributed by atoms with Crippen molar-refractivity contribution in [3.05, 3.63) is 11.1 Å². The smallest absolute Gasteiger partial charge is 0.407 e.